The van der Waals surface area contributed by atoms with Crippen LogP contribution >= 0.6 is 0 Å². The summed E-state index contributed by atoms with van der Waals surface area (Å²) in [5.41, 5.74) is 7.62. The van der Waals surface area contributed by atoms with Gasteiger partial charge in [0.25, 0.3) is 0 Å². The van der Waals surface area contributed by atoms with E-state index in [1.54, 1.807) is 6.20 Å². The Labute approximate surface area is 108 Å². The number of rotatable bonds is 5. The van der Waals surface area contributed by atoms with E-state index in [-0.39, 0.29) is 5.92 Å². The van der Waals surface area contributed by atoms with E-state index in [4.69, 9.17) is 5.73 Å². The largest absolute Gasteiger partial charge is 0.388 e. The summed E-state index contributed by atoms with van der Waals surface area (Å²) < 4.78 is 0. The number of hydrogen-bond acceptors (Lipinski definition) is 3. The lowest BCUT2D eigenvalue weighted by Gasteiger charge is -2.22. The first kappa shape index (κ1) is 13.0. The maximum absolute atomic E-state index is 10.5. The number of pyridine rings is 1. The first-order valence-corrected chi connectivity index (χ1v) is 6.49. The molecule has 0 saturated heterocycles. The molecule has 0 amide bonds. The molecule has 0 fully saturated rings. The lowest BCUT2D eigenvalue weighted by atomic mass is 9.90. The summed E-state index contributed by atoms with van der Waals surface area (Å²) in [7, 11) is 0. The Morgan fingerprint density at radius 1 is 1.28 bits per heavy atom. The van der Waals surface area contributed by atoms with Gasteiger partial charge in [-0.3, -0.25) is 4.98 Å². The van der Waals surface area contributed by atoms with Gasteiger partial charge in [-0.15, -0.1) is 0 Å². The van der Waals surface area contributed by atoms with Gasteiger partial charge in [-0.25, -0.2) is 0 Å². The van der Waals surface area contributed by atoms with Crippen LogP contribution in [0, 0.1) is 5.92 Å². The second-order valence-electron chi connectivity index (χ2n) is 4.65. The molecule has 1 aromatic carbocycles. The van der Waals surface area contributed by atoms with Gasteiger partial charge >= 0.3 is 0 Å². The number of aliphatic hydroxyl groups is 1. The first-order chi connectivity index (χ1) is 8.77. The van der Waals surface area contributed by atoms with Crippen molar-refractivity contribution in [3.05, 3.63) is 42.1 Å². The molecule has 3 heteroatoms. The number of hydrogen-bond donors (Lipinski definition) is 2. The minimum absolute atomic E-state index is 0.112. The summed E-state index contributed by atoms with van der Waals surface area (Å²) in [6.45, 7) is 2.62. The highest BCUT2D eigenvalue weighted by Crippen LogP contribution is 2.29. The van der Waals surface area contributed by atoms with Crippen molar-refractivity contribution >= 4 is 10.9 Å². The maximum atomic E-state index is 10.5. The Bertz CT molecular complexity index is 507. The molecular weight excluding hydrogens is 224 g/mol. The van der Waals surface area contributed by atoms with Crippen molar-refractivity contribution in [2.24, 2.45) is 11.7 Å². The van der Waals surface area contributed by atoms with Crippen molar-refractivity contribution in [3.63, 3.8) is 0 Å². The molecule has 0 radical (unpaired) electrons. The second-order valence-corrected chi connectivity index (χ2v) is 4.65. The standard InChI is InChI=1S/C15H20N2O/c1-2-5-11(10-16)15(18)13-8-9-17-14-7-4-3-6-12(13)14/h3-4,6-9,11,15,18H,2,5,10,16H2,1H3. The van der Waals surface area contributed by atoms with E-state index in [1.807, 2.05) is 30.3 Å². The Morgan fingerprint density at radius 3 is 2.78 bits per heavy atom. The molecule has 2 unspecified atom stereocenters. The predicted molar refractivity (Wildman–Crippen MR) is 74.2 cm³/mol. The fourth-order valence-electron chi connectivity index (χ4n) is 2.41. The number of aromatic nitrogens is 1. The molecule has 2 aromatic rings. The van der Waals surface area contributed by atoms with Gasteiger partial charge in [0.2, 0.25) is 0 Å². The smallest absolute Gasteiger partial charge is 0.0837 e. The van der Waals surface area contributed by atoms with Gasteiger partial charge in [-0.05, 0) is 30.7 Å². The Balaban J connectivity index is 2.40. The van der Waals surface area contributed by atoms with Crippen molar-refractivity contribution in [3.8, 4) is 0 Å². The van der Waals surface area contributed by atoms with E-state index in [9.17, 15) is 5.11 Å². The van der Waals surface area contributed by atoms with Crippen LogP contribution in [0.5, 0.6) is 0 Å². The highest BCUT2D eigenvalue weighted by molar-refractivity contribution is 5.82. The second kappa shape index (κ2) is 5.94. The zero-order valence-electron chi connectivity index (χ0n) is 10.7. The monoisotopic (exact) mass is 244 g/mol. The van der Waals surface area contributed by atoms with Crippen LogP contribution in [-0.2, 0) is 0 Å². The fraction of sp³-hybridized carbons (Fsp3) is 0.400. The average Bonchev–Trinajstić information content (AvgIpc) is 2.43. The lowest BCUT2D eigenvalue weighted by molar-refractivity contribution is 0.108. The van der Waals surface area contributed by atoms with Crippen LogP contribution < -0.4 is 5.73 Å². The molecule has 0 aliphatic heterocycles. The molecule has 2 atom stereocenters. The number of fused-ring (bicyclic) bond motifs is 1. The average molecular weight is 244 g/mol. The summed E-state index contributed by atoms with van der Waals surface area (Å²) in [6.07, 6.45) is 3.21. The number of nitrogens with two attached hydrogens (primary N) is 1. The Kier molecular flexibility index (Phi) is 4.28. The molecule has 3 N–H and O–H groups in total. The van der Waals surface area contributed by atoms with Gasteiger partial charge in [0.1, 0.15) is 0 Å². The zero-order valence-corrected chi connectivity index (χ0v) is 10.7. The minimum Gasteiger partial charge on any atom is -0.388 e. The van der Waals surface area contributed by atoms with Crippen LogP contribution in [0.2, 0.25) is 0 Å². The topological polar surface area (TPSA) is 59.1 Å². The summed E-state index contributed by atoms with van der Waals surface area (Å²) in [5, 5.41) is 11.5. The molecule has 0 aliphatic carbocycles. The molecule has 96 valence electrons. The molecule has 2 rings (SSSR count). The van der Waals surface area contributed by atoms with Crippen LogP contribution in [0.1, 0.15) is 31.4 Å². The number of nitrogens with zero attached hydrogens (tertiary/aromatic N) is 1. The third kappa shape index (κ3) is 2.52. The van der Waals surface area contributed by atoms with Crippen LogP contribution in [0.25, 0.3) is 10.9 Å². The molecular formula is C15H20N2O. The highest BCUT2D eigenvalue weighted by Gasteiger charge is 2.20. The van der Waals surface area contributed by atoms with Gasteiger partial charge in [0.15, 0.2) is 0 Å². The van der Waals surface area contributed by atoms with Gasteiger partial charge in [-0.1, -0.05) is 31.5 Å². The van der Waals surface area contributed by atoms with Crippen LogP contribution in [-0.4, -0.2) is 16.6 Å². The summed E-state index contributed by atoms with van der Waals surface area (Å²) in [4.78, 5) is 4.31. The van der Waals surface area contributed by atoms with E-state index in [2.05, 4.69) is 11.9 Å². The first-order valence-electron chi connectivity index (χ1n) is 6.49. The van der Waals surface area contributed by atoms with Crippen LogP contribution in [0.3, 0.4) is 0 Å². The van der Waals surface area contributed by atoms with Gasteiger partial charge in [0, 0.05) is 17.5 Å². The van der Waals surface area contributed by atoms with E-state index >= 15 is 0 Å². The Hall–Kier alpha value is -1.45. The van der Waals surface area contributed by atoms with Gasteiger partial charge in [-0.2, -0.15) is 0 Å². The van der Waals surface area contributed by atoms with Gasteiger partial charge in [0.05, 0.1) is 11.6 Å². The third-order valence-electron chi connectivity index (χ3n) is 3.41. The summed E-state index contributed by atoms with van der Waals surface area (Å²) in [5.74, 6) is 0.112. The molecule has 3 nitrogen and oxygen atoms in total. The van der Waals surface area contributed by atoms with Crippen molar-refractivity contribution in [1.29, 1.82) is 0 Å². The van der Waals surface area contributed by atoms with Crippen LogP contribution in [0.4, 0.5) is 0 Å². The van der Waals surface area contributed by atoms with E-state index < -0.39 is 6.10 Å². The Morgan fingerprint density at radius 2 is 2.06 bits per heavy atom. The van der Waals surface area contributed by atoms with Crippen molar-refractivity contribution in [1.82, 2.24) is 4.98 Å². The van der Waals surface area contributed by atoms with Crippen molar-refractivity contribution in [2.75, 3.05) is 6.54 Å². The number of para-hydroxylation sites is 1. The lowest BCUT2D eigenvalue weighted by Crippen LogP contribution is -2.22. The van der Waals surface area contributed by atoms with E-state index in [0.29, 0.717) is 6.54 Å². The summed E-state index contributed by atoms with van der Waals surface area (Å²) in [6, 6.07) is 9.78. The number of benzene rings is 1. The highest BCUT2D eigenvalue weighted by atomic mass is 16.3. The summed E-state index contributed by atoms with van der Waals surface area (Å²) >= 11 is 0. The van der Waals surface area contributed by atoms with Crippen LogP contribution in [0.15, 0.2) is 36.5 Å². The molecule has 0 saturated carbocycles. The molecule has 1 aromatic heterocycles. The minimum atomic E-state index is -0.511. The van der Waals surface area contributed by atoms with Crippen molar-refractivity contribution < 1.29 is 5.11 Å². The van der Waals surface area contributed by atoms with Crippen molar-refractivity contribution in [2.45, 2.75) is 25.9 Å². The molecule has 1 heterocycles. The third-order valence-corrected chi connectivity index (χ3v) is 3.41. The van der Waals surface area contributed by atoms with E-state index in [0.717, 1.165) is 29.3 Å². The SMILES string of the molecule is CCCC(CN)C(O)c1ccnc2ccccc12. The molecule has 18 heavy (non-hydrogen) atoms. The zero-order chi connectivity index (χ0) is 13.0. The molecule has 0 bridgehead atoms. The van der Waals surface area contributed by atoms with Gasteiger partial charge < -0.3 is 10.8 Å². The molecule has 0 aliphatic rings. The quantitative estimate of drug-likeness (QED) is 0.850. The maximum Gasteiger partial charge on any atom is 0.0837 e. The molecule has 0 spiro atoms. The normalized spacial score (nSPS) is 14.6. The number of aliphatic hydroxyl groups excluding tert-OH is 1. The fourth-order valence-corrected chi connectivity index (χ4v) is 2.41. The predicted octanol–water partition coefficient (Wildman–Crippen LogP) is 2.64. The van der Waals surface area contributed by atoms with E-state index in [1.165, 1.54) is 0 Å².